The van der Waals surface area contributed by atoms with Gasteiger partial charge in [-0.25, -0.2) is 4.79 Å². The number of carbonyl (C=O) groups is 4. The molecule has 0 aromatic rings. The summed E-state index contributed by atoms with van der Waals surface area (Å²) >= 11 is 0. The number of nitrogens with zero attached hydrogens (tertiary/aromatic N) is 1. The van der Waals surface area contributed by atoms with E-state index in [2.05, 4.69) is 10.6 Å². The fourth-order valence-corrected chi connectivity index (χ4v) is 5.18. The summed E-state index contributed by atoms with van der Waals surface area (Å²) in [6.45, 7) is 8.09. The van der Waals surface area contributed by atoms with Crippen LogP contribution in [0.25, 0.3) is 0 Å². The number of Topliss-reactive ketones (excluding diaryl/α,β-unsaturated/α-hetero) is 1. The average molecular weight is 617 g/mol. The lowest BCUT2D eigenvalue weighted by molar-refractivity contribution is -0.120. The van der Waals surface area contributed by atoms with Crippen molar-refractivity contribution in [3.63, 3.8) is 0 Å². The van der Waals surface area contributed by atoms with Gasteiger partial charge in [0.25, 0.3) is 5.91 Å². The second-order valence-electron chi connectivity index (χ2n) is 11.7. The fourth-order valence-electron chi connectivity index (χ4n) is 5.18. The molecule has 2 rings (SSSR count). The van der Waals surface area contributed by atoms with Gasteiger partial charge < -0.3 is 40.6 Å². The molecule has 1 heterocycles. The maximum absolute atomic E-state index is 13.7. The van der Waals surface area contributed by atoms with E-state index in [9.17, 15) is 24.3 Å². The Morgan fingerprint density at radius 3 is 2.43 bits per heavy atom. The van der Waals surface area contributed by atoms with Gasteiger partial charge in [0.1, 0.15) is 6.10 Å². The number of hydrogen-bond acceptors (Lipinski definition) is 10. The molecule has 0 aromatic heterocycles. The van der Waals surface area contributed by atoms with Crippen LogP contribution >= 0.6 is 0 Å². The maximum atomic E-state index is 13.7. The van der Waals surface area contributed by atoms with Crippen molar-refractivity contribution in [1.29, 1.82) is 0 Å². The summed E-state index contributed by atoms with van der Waals surface area (Å²) in [7, 11) is 6.74. The highest BCUT2D eigenvalue weighted by molar-refractivity contribution is 6.23. The Morgan fingerprint density at radius 2 is 1.84 bits per heavy atom. The minimum Gasteiger partial charge on any atom is -0.439 e. The summed E-state index contributed by atoms with van der Waals surface area (Å²) in [5, 5.41) is 17.0. The van der Waals surface area contributed by atoms with Gasteiger partial charge in [0.15, 0.2) is 6.10 Å². The number of fused-ring (bicyclic) bond motifs is 2. The Hall–Kier alpha value is -3.58. The van der Waals surface area contributed by atoms with E-state index in [-0.39, 0.29) is 34.9 Å². The number of primary amides is 1. The van der Waals surface area contributed by atoms with Crippen molar-refractivity contribution in [3.05, 3.63) is 58.5 Å². The zero-order chi connectivity index (χ0) is 33.1. The molecule has 44 heavy (non-hydrogen) atoms. The summed E-state index contributed by atoms with van der Waals surface area (Å²) < 4.78 is 16.6. The molecule has 12 nitrogen and oxygen atoms in total. The van der Waals surface area contributed by atoms with E-state index < -0.39 is 53.9 Å². The third kappa shape index (κ3) is 10.3. The first kappa shape index (κ1) is 36.6. The Labute approximate surface area is 260 Å². The van der Waals surface area contributed by atoms with Crippen molar-refractivity contribution in [2.24, 2.45) is 17.6 Å². The van der Waals surface area contributed by atoms with Crippen molar-refractivity contribution < 1.29 is 38.5 Å². The predicted molar refractivity (Wildman–Crippen MR) is 166 cm³/mol. The summed E-state index contributed by atoms with van der Waals surface area (Å²) in [6, 6.07) is 0. The van der Waals surface area contributed by atoms with E-state index in [1.54, 1.807) is 32.1 Å². The van der Waals surface area contributed by atoms with Gasteiger partial charge in [-0.15, -0.1) is 0 Å². The number of hydrogen-bond donors (Lipinski definition) is 4. The number of ketones is 2. The number of carbonyl (C=O) groups excluding carboxylic acids is 4. The number of methoxy groups -OCH3 is 2. The van der Waals surface area contributed by atoms with Crippen LogP contribution in [0, 0.1) is 11.8 Å². The first-order valence-corrected chi connectivity index (χ1v) is 14.7. The van der Waals surface area contributed by atoms with Crippen molar-refractivity contribution in [2.75, 3.05) is 41.4 Å². The predicted octanol–water partition coefficient (Wildman–Crippen LogP) is 1.91. The molecule has 0 spiro atoms. The number of likely N-dealkylation sites (N-methyl/N-ethyl adjacent to an activating group) is 1. The molecule has 2 amide bonds. The zero-order valence-corrected chi connectivity index (χ0v) is 27.0. The number of allylic oxidation sites excluding steroid dienone is 4. The monoisotopic (exact) mass is 616 g/mol. The number of aliphatic hydroxyl groups excluding tert-OH is 1. The van der Waals surface area contributed by atoms with Gasteiger partial charge in [0, 0.05) is 50.4 Å². The van der Waals surface area contributed by atoms with E-state index in [4.69, 9.17) is 19.9 Å². The minimum absolute atomic E-state index is 0.114. The molecule has 0 saturated heterocycles. The number of amides is 2. The number of rotatable bonds is 7. The molecule has 2 aliphatic rings. The quantitative estimate of drug-likeness (QED) is 0.245. The molecule has 1 aliphatic carbocycles. The highest BCUT2D eigenvalue weighted by atomic mass is 16.6. The third-order valence-corrected chi connectivity index (χ3v) is 7.65. The van der Waals surface area contributed by atoms with Gasteiger partial charge in [0.05, 0.1) is 23.6 Å². The highest BCUT2D eigenvalue weighted by Gasteiger charge is 2.33. The van der Waals surface area contributed by atoms with Gasteiger partial charge >= 0.3 is 6.09 Å². The molecular formula is C32H48N4O8. The lowest BCUT2D eigenvalue weighted by Crippen LogP contribution is -2.38. The smallest absolute Gasteiger partial charge is 0.405 e. The van der Waals surface area contributed by atoms with E-state index in [0.717, 1.165) is 6.08 Å². The Bertz CT molecular complexity index is 1230. The first-order chi connectivity index (χ1) is 20.7. The third-order valence-electron chi connectivity index (χ3n) is 7.65. The first-order valence-electron chi connectivity index (χ1n) is 14.7. The largest absolute Gasteiger partial charge is 0.439 e. The molecule has 0 fully saturated rings. The second kappa shape index (κ2) is 17.0. The summed E-state index contributed by atoms with van der Waals surface area (Å²) in [4.78, 5) is 53.7. The molecule has 5 N–H and O–H groups in total. The van der Waals surface area contributed by atoms with Crippen LogP contribution in [0.4, 0.5) is 4.79 Å². The molecule has 0 saturated carbocycles. The van der Waals surface area contributed by atoms with Gasteiger partial charge in [0.2, 0.25) is 11.6 Å². The van der Waals surface area contributed by atoms with E-state index in [1.807, 2.05) is 32.8 Å². The molecule has 2 bridgehead atoms. The fraction of sp³-hybridized carbons (Fsp3) is 0.562. The Balaban J connectivity index is 2.60. The molecule has 1 unspecified atom stereocenters. The number of ether oxygens (including phenoxy) is 3. The standard InChI is InChI=1S/C32H48N4O8/c1-18-14-22-27(34-12-13-36(5)6)24(37)17-23(29(22)39)35-31(40)19(2)10-9-11-25(42-7)30(44-32(33)41)21(4)16-20(3)28(38)26(15-18)43-8/h9-11,16-18,20,25-26,28,30,34,38H,12-15H2,1-8H3,(H2,33,41)(H,35,40)/b11-9+,19-10+,21-16+/t18-,20+,25?,26+,28-,30+/m1/s1. The topological polar surface area (TPSA) is 170 Å². The summed E-state index contributed by atoms with van der Waals surface area (Å²) in [5.41, 5.74) is 6.55. The van der Waals surface area contributed by atoms with E-state index in [1.165, 1.54) is 20.3 Å². The summed E-state index contributed by atoms with van der Waals surface area (Å²) in [6.07, 6.45) is 3.88. The Kier molecular flexibility index (Phi) is 14.2. The maximum Gasteiger partial charge on any atom is 0.405 e. The van der Waals surface area contributed by atoms with Gasteiger partial charge in [-0.05, 0) is 52.3 Å². The van der Waals surface area contributed by atoms with Crippen LogP contribution in [0.15, 0.2) is 58.5 Å². The van der Waals surface area contributed by atoms with Crippen LogP contribution in [0.1, 0.15) is 40.5 Å². The van der Waals surface area contributed by atoms with Gasteiger partial charge in [-0.3, -0.25) is 14.4 Å². The molecule has 6 atom stereocenters. The number of nitrogens with one attached hydrogen (secondary N) is 2. The van der Waals surface area contributed by atoms with Crippen molar-refractivity contribution >= 4 is 23.6 Å². The van der Waals surface area contributed by atoms with Gasteiger partial charge in [-0.2, -0.15) is 0 Å². The average Bonchev–Trinajstić information content (AvgIpc) is 2.95. The van der Waals surface area contributed by atoms with Crippen LogP contribution < -0.4 is 16.4 Å². The lowest BCUT2D eigenvalue weighted by atomic mass is 9.85. The number of nitrogens with two attached hydrogens (primary N) is 1. The molecule has 0 radical (unpaired) electrons. The zero-order valence-electron chi connectivity index (χ0n) is 27.0. The van der Waals surface area contributed by atoms with Crippen LogP contribution in [0.2, 0.25) is 0 Å². The second-order valence-corrected chi connectivity index (χ2v) is 11.7. The SMILES string of the molecule is COC1/C=C/C=C(\C)C(=O)NC2=CC(=O)C(NCCN(C)C)=C(C[C@@H](C)C[C@H](OC)[C@H](O)[C@@H](C)/C=C(\C)[C@@H]1OC(N)=O)C2=O. The normalized spacial score (nSPS) is 31.0. The molecule has 244 valence electrons. The van der Waals surface area contributed by atoms with Crippen molar-refractivity contribution in [1.82, 2.24) is 15.5 Å². The van der Waals surface area contributed by atoms with Crippen molar-refractivity contribution in [3.8, 4) is 0 Å². The number of aliphatic hydroxyl groups is 1. The highest BCUT2D eigenvalue weighted by Crippen LogP contribution is 2.28. The van der Waals surface area contributed by atoms with Gasteiger partial charge in [-0.1, -0.05) is 38.2 Å². The van der Waals surface area contributed by atoms with Crippen LogP contribution in [-0.4, -0.2) is 99.4 Å². The summed E-state index contributed by atoms with van der Waals surface area (Å²) in [5.74, 6) is -2.06. The van der Waals surface area contributed by atoms with Crippen LogP contribution in [0.5, 0.6) is 0 Å². The van der Waals surface area contributed by atoms with E-state index >= 15 is 0 Å². The van der Waals surface area contributed by atoms with Crippen LogP contribution in [-0.2, 0) is 28.6 Å². The van der Waals surface area contributed by atoms with Crippen LogP contribution in [0.3, 0.4) is 0 Å². The Morgan fingerprint density at radius 1 is 1.16 bits per heavy atom. The lowest BCUT2D eigenvalue weighted by Gasteiger charge is -2.30. The molecule has 1 aliphatic heterocycles. The van der Waals surface area contributed by atoms with E-state index in [0.29, 0.717) is 25.1 Å². The van der Waals surface area contributed by atoms with Crippen molar-refractivity contribution in [2.45, 2.75) is 65.0 Å². The minimum atomic E-state index is -0.997. The molecule has 12 heteroatoms. The molecule has 0 aromatic carbocycles. The molecular weight excluding hydrogens is 568 g/mol.